The summed E-state index contributed by atoms with van der Waals surface area (Å²) in [6, 6.07) is 3.35. The molecule has 0 spiro atoms. The van der Waals surface area contributed by atoms with Crippen molar-refractivity contribution in [2.75, 3.05) is 11.1 Å². The predicted octanol–water partition coefficient (Wildman–Crippen LogP) is 3.22. The van der Waals surface area contributed by atoms with Gasteiger partial charge in [0.2, 0.25) is 0 Å². The Kier molecular flexibility index (Phi) is 3.45. The van der Waals surface area contributed by atoms with Gasteiger partial charge in [-0.3, -0.25) is 5.10 Å². The monoisotopic (exact) mass is 270 g/mol. The van der Waals surface area contributed by atoms with Crippen LogP contribution in [0.3, 0.4) is 0 Å². The Morgan fingerprint density at radius 1 is 1.35 bits per heavy atom. The third kappa shape index (κ3) is 2.65. The van der Waals surface area contributed by atoms with Crippen molar-refractivity contribution in [1.29, 1.82) is 0 Å². The maximum atomic E-state index is 5.93. The van der Waals surface area contributed by atoms with Crippen molar-refractivity contribution in [2.24, 2.45) is 0 Å². The van der Waals surface area contributed by atoms with Crippen LogP contribution in [0.4, 0.5) is 11.4 Å². The van der Waals surface area contributed by atoms with Gasteiger partial charge in [-0.1, -0.05) is 23.2 Å². The Morgan fingerprint density at radius 3 is 2.71 bits per heavy atom. The molecular weight excluding hydrogens is 259 g/mol. The maximum absolute atomic E-state index is 5.93. The molecule has 4 N–H and O–H groups in total. The fourth-order valence-electron chi connectivity index (χ4n) is 1.46. The first-order chi connectivity index (χ1) is 8.08. The van der Waals surface area contributed by atoms with E-state index in [1.165, 1.54) is 0 Å². The number of rotatable bonds is 3. The van der Waals surface area contributed by atoms with Crippen LogP contribution in [0.15, 0.2) is 18.3 Å². The Morgan fingerprint density at radius 2 is 2.06 bits per heavy atom. The summed E-state index contributed by atoms with van der Waals surface area (Å²) in [7, 11) is 0. The van der Waals surface area contributed by atoms with E-state index >= 15 is 0 Å². The molecule has 0 amide bonds. The van der Waals surface area contributed by atoms with Gasteiger partial charge in [0, 0.05) is 17.8 Å². The van der Waals surface area contributed by atoms with Crippen molar-refractivity contribution in [3.05, 3.63) is 39.6 Å². The van der Waals surface area contributed by atoms with E-state index in [-0.39, 0.29) is 0 Å². The molecule has 6 heteroatoms. The van der Waals surface area contributed by atoms with Crippen LogP contribution in [-0.4, -0.2) is 10.2 Å². The second-order valence-electron chi connectivity index (χ2n) is 3.73. The summed E-state index contributed by atoms with van der Waals surface area (Å²) in [5.74, 6) is 0. The van der Waals surface area contributed by atoms with Crippen molar-refractivity contribution in [3.63, 3.8) is 0 Å². The molecule has 1 heterocycles. The lowest BCUT2D eigenvalue weighted by Crippen LogP contribution is -2.03. The van der Waals surface area contributed by atoms with Crippen LogP contribution in [0.25, 0.3) is 0 Å². The lowest BCUT2D eigenvalue weighted by atomic mass is 10.2. The number of H-pyrrole nitrogens is 1. The molecule has 2 rings (SSSR count). The van der Waals surface area contributed by atoms with Gasteiger partial charge in [0.1, 0.15) is 0 Å². The number of nitrogen functional groups attached to an aromatic ring is 1. The Labute approximate surface area is 109 Å². The molecule has 1 aromatic carbocycles. The van der Waals surface area contributed by atoms with Crippen molar-refractivity contribution < 1.29 is 0 Å². The average Bonchev–Trinajstić information content (AvgIpc) is 2.68. The number of nitrogens with one attached hydrogen (secondary N) is 2. The van der Waals surface area contributed by atoms with Gasteiger partial charge in [-0.15, -0.1) is 0 Å². The summed E-state index contributed by atoms with van der Waals surface area (Å²) < 4.78 is 0. The van der Waals surface area contributed by atoms with Crippen LogP contribution in [-0.2, 0) is 6.54 Å². The molecule has 1 aromatic heterocycles. The van der Waals surface area contributed by atoms with Crippen LogP contribution in [0, 0.1) is 6.92 Å². The first kappa shape index (κ1) is 12.1. The first-order valence-corrected chi connectivity index (χ1v) is 5.80. The quantitative estimate of drug-likeness (QED) is 0.751. The molecule has 2 aromatic rings. The number of benzene rings is 1. The van der Waals surface area contributed by atoms with Gasteiger partial charge < -0.3 is 11.1 Å². The molecule has 0 unspecified atom stereocenters. The van der Waals surface area contributed by atoms with Gasteiger partial charge in [0.05, 0.1) is 27.6 Å². The van der Waals surface area contributed by atoms with E-state index in [9.17, 15) is 0 Å². The second-order valence-corrected chi connectivity index (χ2v) is 4.54. The number of halogens is 2. The molecule has 0 radical (unpaired) electrons. The van der Waals surface area contributed by atoms with Crippen LogP contribution < -0.4 is 11.1 Å². The van der Waals surface area contributed by atoms with Gasteiger partial charge in [0.15, 0.2) is 0 Å². The van der Waals surface area contributed by atoms with E-state index in [1.807, 2.05) is 6.92 Å². The third-order valence-corrected chi connectivity index (χ3v) is 3.22. The van der Waals surface area contributed by atoms with Crippen LogP contribution in [0.2, 0.25) is 10.0 Å². The van der Waals surface area contributed by atoms with Crippen LogP contribution >= 0.6 is 23.2 Å². The minimum atomic E-state index is 0.453. The SMILES string of the molecule is Cc1[nH]ncc1CNc1cc(Cl)c(Cl)cc1N. The van der Waals surface area contributed by atoms with Crippen molar-refractivity contribution in [1.82, 2.24) is 10.2 Å². The summed E-state index contributed by atoms with van der Waals surface area (Å²) in [6.45, 7) is 2.59. The highest BCUT2D eigenvalue weighted by molar-refractivity contribution is 6.42. The standard InChI is InChI=1S/C11H12Cl2N4/c1-6-7(5-16-17-6)4-15-11-3-9(13)8(12)2-10(11)14/h2-3,5,15H,4,14H2,1H3,(H,16,17). The molecule has 0 fully saturated rings. The smallest absolute Gasteiger partial charge is 0.0614 e. The Balaban J connectivity index is 2.14. The molecule has 0 bridgehead atoms. The predicted molar refractivity (Wildman–Crippen MR) is 71.5 cm³/mol. The van der Waals surface area contributed by atoms with Crippen LogP contribution in [0.1, 0.15) is 11.3 Å². The largest absolute Gasteiger partial charge is 0.397 e. The van der Waals surface area contributed by atoms with E-state index in [0.29, 0.717) is 22.3 Å². The van der Waals surface area contributed by atoms with E-state index < -0.39 is 0 Å². The zero-order chi connectivity index (χ0) is 12.4. The Bertz CT molecular complexity index is 536. The third-order valence-electron chi connectivity index (χ3n) is 2.50. The van der Waals surface area contributed by atoms with Gasteiger partial charge in [-0.2, -0.15) is 5.10 Å². The van der Waals surface area contributed by atoms with E-state index in [0.717, 1.165) is 16.9 Å². The van der Waals surface area contributed by atoms with Crippen molar-refractivity contribution >= 4 is 34.6 Å². The minimum Gasteiger partial charge on any atom is -0.397 e. The van der Waals surface area contributed by atoms with Gasteiger partial charge in [0.25, 0.3) is 0 Å². The average molecular weight is 271 g/mol. The van der Waals surface area contributed by atoms with E-state index in [1.54, 1.807) is 18.3 Å². The first-order valence-electron chi connectivity index (χ1n) is 5.05. The summed E-state index contributed by atoms with van der Waals surface area (Å²) in [5, 5.41) is 10.9. The lowest BCUT2D eigenvalue weighted by Gasteiger charge is -2.10. The molecular formula is C11H12Cl2N4. The number of hydrogen-bond acceptors (Lipinski definition) is 3. The molecule has 0 aliphatic carbocycles. The highest BCUT2D eigenvalue weighted by atomic mass is 35.5. The van der Waals surface area contributed by atoms with Gasteiger partial charge in [-0.05, 0) is 19.1 Å². The number of nitrogens with two attached hydrogens (primary N) is 1. The number of anilines is 2. The van der Waals surface area contributed by atoms with E-state index in [4.69, 9.17) is 28.9 Å². The number of aromatic nitrogens is 2. The van der Waals surface area contributed by atoms with Crippen molar-refractivity contribution in [2.45, 2.75) is 13.5 Å². The summed E-state index contributed by atoms with van der Waals surface area (Å²) in [5.41, 5.74) is 9.28. The van der Waals surface area contributed by atoms with Gasteiger partial charge in [-0.25, -0.2) is 0 Å². The van der Waals surface area contributed by atoms with Crippen molar-refractivity contribution in [3.8, 4) is 0 Å². The van der Waals surface area contributed by atoms with Crippen LogP contribution in [0.5, 0.6) is 0 Å². The normalized spacial score (nSPS) is 10.5. The maximum Gasteiger partial charge on any atom is 0.0614 e. The molecule has 4 nitrogen and oxygen atoms in total. The molecule has 17 heavy (non-hydrogen) atoms. The Hall–Kier alpha value is -1.39. The number of aryl methyl sites for hydroxylation is 1. The molecule has 0 saturated heterocycles. The molecule has 0 aliphatic heterocycles. The summed E-state index contributed by atoms with van der Waals surface area (Å²) in [6.07, 6.45) is 1.77. The lowest BCUT2D eigenvalue weighted by molar-refractivity contribution is 1.04. The minimum absolute atomic E-state index is 0.453. The molecule has 0 atom stereocenters. The van der Waals surface area contributed by atoms with E-state index in [2.05, 4.69) is 15.5 Å². The fourth-order valence-corrected chi connectivity index (χ4v) is 1.80. The highest BCUT2D eigenvalue weighted by Crippen LogP contribution is 2.30. The fraction of sp³-hybridized carbons (Fsp3) is 0.182. The molecule has 0 aliphatic rings. The highest BCUT2D eigenvalue weighted by Gasteiger charge is 2.06. The molecule has 0 saturated carbocycles. The number of aromatic amines is 1. The number of nitrogens with zero attached hydrogens (tertiary/aromatic N) is 1. The summed E-state index contributed by atoms with van der Waals surface area (Å²) >= 11 is 11.8. The zero-order valence-corrected chi connectivity index (χ0v) is 10.7. The summed E-state index contributed by atoms with van der Waals surface area (Å²) in [4.78, 5) is 0. The van der Waals surface area contributed by atoms with Gasteiger partial charge >= 0.3 is 0 Å². The number of hydrogen-bond donors (Lipinski definition) is 3. The molecule has 90 valence electrons. The second kappa shape index (κ2) is 4.85. The zero-order valence-electron chi connectivity index (χ0n) is 9.22. The topological polar surface area (TPSA) is 66.7 Å².